The van der Waals surface area contributed by atoms with Crippen molar-refractivity contribution in [3.63, 3.8) is 0 Å². The Balaban J connectivity index is 2.22. The summed E-state index contributed by atoms with van der Waals surface area (Å²) in [6.45, 7) is 1.72. The number of nitrogens with one attached hydrogen (secondary N) is 1. The van der Waals surface area contributed by atoms with Crippen molar-refractivity contribution < 1.29 is 9.18 Å². The zero-order chi connectivity index (χ0) is 13.1. The van der Waals surface area contributed by atoms with Crippen molar-refractivity contribution >= 4 is 23.3 Å². The van der Waals surface area contributed by atoms with E-state index in [4.69, 9.17) is 11.6 Å². The van der Waals surface area contributed by atoms with E-state index in [0.29, 0.717) is 11.4 Å². The largest absolute Gasteiger partial charge is 0.307 e. The lowest BCUT2D eigenvalue weighted by Gasteiger charge is -2.05. The molecule has 5 heteroatoms. The fraction of sp³-hybridized carbons (Fsp3) is 0.0769. The van der Waals surface area contributed by atoms with Crippen LogP contribution in [0.5, 0.6) is 0 Å². The number of hydrogen-bond acceptors (Lipinski definition) is 2. The molecule has 0 aliphatic rings. The van der Waals surface area contributed by atoms with E-state index in [-0.39, 0.29) is 10.7 Å². The molecule has 0 fully saturated rings. The van der Waals surface area contributed by atoms with E-state index < -0.39 is 11.7 Å². The number of benzene rings is 1. The van der Waals surface area contributed by atoms with Crippen LogP contribution < -0.4 is 5.32 Å². The van der Waals surface area contributed by atoms with Crippen LogP contribution in [0.2, 0.25) is 5.15 Å². The summed E-state index contributed by atoms with van der Waals surface area (Å²) in [6, 6.07) is 9.01. The molecule has 0 aliphatic carbocycles. The van der Waals surface area contributed by atoms with Crippen LogP contribution in [-0.4, -0.2) is 10.9 Å². The van der Waals surface area contributed by atoms with Gasteiger partial charge in [0.2, 0.25) is 0 Å². The summed E-state index contributed by atoms with van der Waals surface area (Å²) in [5.74, 6) is -0.541. The molecule has 0 bridgehead atoms. The minimum Gasteiger partial charge on any atom is -0.307 e. The van der Waals surface area contributed by atoms with Gasteiger partial charge in [-0.15, -0.1) is 0 Å². The van der Waals surface area contributed by atoms with E-state index >= 15 is 0 Å². The zero-order valence-corrected chi connectivity index (χ0v) is 10.3. The molecule has 1 aromatic carbocycles. The highest BCUT2D eigenvalue weighted by Gasteiger charge is 2.09. The Morgan fingerprint density at radius 2 is 2.11 bits per heavy atom. The van der Waals surface area contributed by atoms with Gasteiger partial charge in [0.1, 0.15) is 16.8 Å². The van der Waals surface area contributed by atoms with Crippen LogP contribution in [0.1, 0.15) is 15.9 Å². The number of aromatic nitrogens is 1. The summed E-state index contributed by atoms with van der Waals surface area (Å²) in [5.41, 5.74) is 0.925. The van der Waals surface area contributed by atoms with Gasteiger partial charge in [-0.1, -0.05) is 17.7 Å². The van der Waals surface area contributed by atoms with Crippen molar-refractivity contribution in [3.8, 4) is 0 Å². The quantitative estimate of drug-likeness (QED) is 0.845. The molecule has 3 nitrogen and oxygen atoms in total. The Bertz CT molecular complexity index is 581. The number of hydrogen-bond donors (Lipinski definition) is 1. The van der Waals surface area contributed by atoms with Crippen molar-refractivity contribution in [2.24, 2.45) is 0 Å². The highest BCUT2D eigenvalue weighted by atomic mass is 35.5. The van der Waals surface area contributed by atoms with Gasteiger partial charge in [-0.2, -0.15) is 0 Å². The average Bonchev–Trinajstić information content (AvgIpc) is 2.27. The van der Waals surface area contributed by atoms with Gasteiger partial charge >= 0.3 is 0 Å². The molecular weight excluding hydrogens is 255 g/mol. The number of carbonyl (C=O) groups is 1. The van der Waals surface area contributed by atoms with Crippen LogP contribution in [0.4, 0.5) is 10.2 Å². The van der Waals surface area contributed by atoms with Crippen molar-refractivity contribution in [2.45, 2.75) is 6.92 Å². The fourth-order valence-corrected chi connectivity index (χ4v) is 1.70. The summed E-state index contributed by atoms with van der Waals surface area (Å²) in [7, 11) is 0. The maximum Gasteiger partial charge on any atom is 0.256 e. The normalized spacial score (nSPS) is 10.2. The molecule has 0 saturated carbocycles. The van der Waals surface area contributed by atoms with Crippen molar-refractivity contribution in [1.82, 2.24) is 4.98 Å². The lowest BCUT2D eigenvalue weighted by molar-refractivity contribution is 0.102. The first-order valence-corrected chi connectivity index (χ1v) is 5.63. The Morgan fingerprint density at radius 3 is 2.78 bits per heavy atom. The molecule has 0 unspecified atom stereocenters. The number of rotatable bonds is 2. The third-order valence-corrected chi connectivity index (χ3v) is 2.47. The Kier molecular flexibility index (Phi) is 3.58. The minimum atomic E-state index is -0.445. The third kappa shape index (κ3) is 3.05. The molecule has 2 rings (SSSR count). The molecule has 0 spiro atoms. The molecule has 0 radical (unpaired) electrons. The number of pyridine rings is 1. The third-order valence-electron chi connectivity index (χ3n) is 2.26. The second-order valence-corrected chi connectivity index (χ2v) is 4.20. The van der Waals surface area contributed by atoms with Gasteiger partial charge in [-0.25, -0.2) is 9.37 Å². The number of anilines is 1. The molecule has 0 atom stereocenters. The maximum absolute atomic E-state index is 13.2. The Hall–Kier alpha value is -1.94. The number of amides is 1. The monoisotopic (exact) mass is 264 g/mol. The topological polar surface area (TPSA) is 42.0 Å². The average molecular weight is 265 g/mol. The molecule has 0 aliphatic heterocycles. The highest BCUT2D eigenvalue weighted by molar-refractivity contribution is 6.29. The fourth-order valence-electron chi connectivity index (χ4n) is 1.53. The lowest BCUT2D eigenvalue weighted by atomic mass is 10.1. The standard InChI is InChI=1S/C13H10ClFN2O/c1-8-5-9(7-10(15)6-8)13(18)17-12-4-2-3-11(14)16-12/h2-7H,1H3,(H,16,17,18). The molecule has 2 aromatic rings. The van der Waals surface area contributed by atoms with Crippen LogP contribution in [0.3, 0.4) is 0 Å². The second kappa shape index (κ2) is 5.14. The predicted molar refractivity (Wildman–Crippen MR) is 68.3 cm³/mol. The molecule has 1 N–H and O–H groups in total. The van der Waals surface area contributed by atoms with Crippen LogP contribution in [0.25, 0.3) is 0 Å². The SMILES string of the molecule is Cc1cc(F)cc(C(=O)Nc2cccc(Cl)n2)c1. The van der Waals surface area contributed by atoms with Crippen molar-refractivity contribution in [3.05, 3.63) is 58.5 Å². The van der Waals surface area contributed by atoms with Crippen LogP contribution in [0.15, 0.2) is 36.4 Å². The highest BCUT2D eigenvalue weighted by Crippen LogP contribution is 2.13. The minimum absolute atomic E-state index is 0.245. The van der Waals surface area contributed by atoms with Crippen molar-refractivity contribution in [1.29, 1.82) is 0 Å². The van der Waals surface area contributed by atoms with E-state index in [1.54, 1.807) is 31.2 Å². The second-order valence-electron chi connectivity index (χ2n) is 3.82. The van der Waals surface area contributed by atoms with Crippen LogP contribution in [0, 0.1) is 12.7 Å². The summed E-state index contributed by atoms with van der Waals surface area (Å²) in [4.78, 5) is 15.8. The zero-order valence-electron chi connectivity index (χ0n) is 9.58. The first-order chi connectivity index (χ1) is 8.54. The van der Waals surface area contributed by atoms with E-state index in [9.17, 15) is 9.18 Å². The van der Waals surface area contributed by atoms with Crippen LogP contribution >= 0.6 is 11.6 Å². The van der Waals surface area contributed by atoms with Gasteiger partial charge in [-0.05, 0) is 42.8 Å². The van der Waals surface area contributed by atoms with E-state index in [0.717, 1.165) is 0 Å². The van der Waals surface area contributed by atoms with Crippen molar-refractivity contribution in [2.75, 3.05) is 5.32 Å². The number of nitrogens with zero attached hydrogens (tertiary/aromatic N) is 1. The summed E-state index contributed by atoms with van der Waals surface area (Å²) in [6.07, 6.45) is 0. The van der Waals surface area contributed by atoms with Gasteiger partial charge in [0.15, 0.2) is 0 Å². The summed E-state index contributed by atoms with van der Waals surface area (Å²) >= 11 is 5.70. The molecular formula is C13H10ClFN2O. The smallest absolute Gasteiger partial charge is 0.256 e. The molecule has 0 saturated heterocycles. The van der Waals surface area contributed by atoms with E-state index in [2.05, 4.69) is 10.3 Å². The Morgan fingerprint density at radius 1 is 1.33 bits per heavy atom. The van der Waals surface area contributed by atoms with Gasteiger partial charge in [-0.3, -0.25) is 4.79 Å². The first kappa shape index (κ1) is 12.5. The Labute approximate surface area is 109 Å². The van der Waals surface area contributed by atoms with Gasteiger partial charge in [0.05, 0.1) is 0 Å². The molecule has 1 aromatic heterocycles. The van der Waals surface area contributed by atoms with E-state index in [1.165, 1.54) is 12.1 Å². The number of aryl methyl sites for hydroxylation is 1. The maximum atomic E-state index is 13.2. The van der Waals surface area contributed by atoms with E-state index in [1.807, 2.05) is 0 Å². The molecule has 1 amide bonds. The van der Waals surface area contributed by atoms with Gasteiger partial charge < -0.3 is 5.32 Å². The van der Waals surface area contributed by atoms with Gasteiger partial charge in [0.25, 0.3) is 5.91 Å². The van der Waals surface area contributed by atoms with Gasteiger partial charge in [0, 0.05) is 5.56 Å². The lowest BCUT2D eigenvalue weighted by Crippen LogP contribution is -2.13. The molecule has 92 valence electrons. The summed E-state index contributed by atoms with van der Waals surface area (Å²) < 4.78 is 13.2. The summed E-state index contributed by atoms with van der Waals surface area (Å²) in [5, 5.41) is 2.83. The molecule has 1 heterocycles. The number of halogens is 2. The molecule has 18 heavy (non-hydrogen) atoms. The van der Waals surface area contributed by atoms with Crippen LogP contribution in [-0.2, 0) is 0 Å². The first-order valence-electron chi connectivity index (χ1n) is 5.26. The predicted octanol–water partition coefficient (Wildman–Crippen LogP) is 3.43. The number of carbonyl (C=O) groups excluding carboxylic acids is 1.